The molecule has 0 heterocycles. The van der Waals surface area contributed by atoms with Crippen LogP contribution in [-0.2, 0) is 9.53 Å². The Morgan fingerprint density at radius 3 is 2.13 bits per heavy atom. The van der Waals surface area contributed by atoms with Gasteiger partial charge in [0, 0.05) is 21.7 Å². The molecule has 0 radical (unpaired) electrons. The molecule has 6 heteroatoms. The third-order valence-corrected chi connectivity index (χ3v) is 4.68. The summed E-state index contributed by atoms with van der Waals surface area (Å²) in [6.07, 6.45) is -1.14. The molecule has 5 nitrogen and oxygen atoms in total. The fourth-order valence-corrected chi connectivity index (χ4v) is 2.92. The summed E-state index contributed by atoms with van der Waals surface area (Å²) < 4.78 is 5.45. The molecule has 0 saturated heterocycles. The Morgan fingerprint density at radius 1 is 0.867 bits per heavy atom. The Hall–Kier alpha value is -3.44. The van der Waals surface area contributed by atoms with Gasteiger partial charge in [-0.05, 0) is 31.2 Å². The van der Waals surface area contributed by atoms with Gasteiger partial charge >= 0.3 is 5.97 Å². The molecule has 0 aliphatic rings. The van der Waals surface area contributed by atoms with Crippen molar-refractivity contribution in [1.82, 2.24) is 5.32 Å². The van der Waals surface area contributed by atoms with Crippen LogP contribution in [0.4, 0.5) is 0 Å². The second-order valence-electron chi connectivity index (χ2n) is 6.70. The SMILES string of the molecule is Cc1ccc(C(=O)NCC(=O)OC(C(=O)c2ccccc2)c2ccc(Cl)cc2)cc1. The highest BCUT2D eigenvalue weighted by atomic mass is 35.5. The lowest BCUT2D eigenvalue weighted by atomic mass is 10.00. The number of halogens is 1. The normalized spacial score (nSPS) is 11.4. The van der Waals surface area contributed by atoms with Crippen LogP contribution in [0.2, 0.25) is 5.02 Å². The van der Waals surface area contributed by atoms with E-state index in [-0.39, 0.29) is 12.3 Å². The smallest absolute Gasteiger partial charge is 0.326 e. The molecule has 3 aromatic carbocycles. The van der Waals surface area contributed by atoms with E-state index >= 15 is 0 Å². The van der Waals surface area contributed by atoms with Gasteiger partial charge in [0.25, 0.3) is 5.91 Å². The standard InChI is InChI=1S/C24H20ClNO4/c1-16-7-9-19(10-8-16)24(29)26-15-21(27)30-23(18-11-13-20(25)14-12-18)22(28)17-5-3-2-4-6-17/h2-14,23H,15H2,1H3,(H,26,29). The van der Waals surface area contributed by atoms with Crippen LogP contribution < -0.4 is 5.32 Å². The highest BCUT2D eigenvalue weighted by Gasteiger charge is 2.26. The molecule has 0 fully saturated rings. The fraction of sp³-hybridized carbons (Fsp3) is 0.125. The van der Waals surface area contributed by atoms with Gasteiger partial charge in [0.1, 0.15) is 6.54 Å². The van der Waals surface area contributed by atoms with Crippen molar-refractivity contribution in [1.29, 1.82) is 0 Å². The monoisotopic (exact) mass is 421 g/mol. The van der Waals surface area contributed by atoms with Gasteiger partial charge in [-0.1, -0.05) is 71.8 Å². The second-order valence-corrected chi connectivity index (χ2v) is 7.14. The molecule has 0 aromatic heterocycles. The average Bonchev–Trinajstić information content (AvgIpc) is 2.77. The van der Waals surface area contributed by atoms with E-state index in [1.165, 1.54) is 0 Å². The number of benzene rings is 3. The van der Waals surface area contributed by atoms with Crippen LogP contribution in [0, 0.1) is 6.92 Å². The third kappa shape index (κ3) is 5.55. The number of aryl methyl sites for hydroxylation is 1. The van der Waals surface area contributed by atoms with E-state index in [0.29, 0.717) is 21.7 Å². The summed E-state index contributed by atoms with van der Waals surface area (Å²) in [7, 11) is 0. The molecule has 0 aliphatic carbocycles. The zero-order valence-electron chi connectivity index (χ0n) is 16.3. The Bertz CT molecular complexity index is 1030. The maximum absolute atomic E-state index is 13.0. The molecule has 3 rings (SSSR count). The van der Waals surface area contributed by atoms with Crippen molar-refractivity contribution in [2.24, 2.45) is 0 Å². The Morgan fingerprint density at radius 2 is 1.50 bits per heavy atom. The Balaban J connectivity index is 1.71. The molecule has 0 spiro atoms. The van der Waals surface area contributed by atoms with E-state index in [1.807, 2.05) is 19.1 Å². The second kappa shape index (κ2) is 9.85. The van der Waals surface area contributed by atoms with Crippen molar-refractivity contribution < 1.29 is 19.1 Å². The molecular weight excluding hydrogens is 402 g/mol. The minimum Gasteiger partial charge on any atom is -0.448 e. The maximum Gasteiger partial charge on any atom is 0.326 e. The number of nitrogens with one attached hydrogen (secondary N) is 1. The lowest BCUT2D eigenvalue weighted by Gasteiger charge is -2.18. The highest BCUT2D eigenvalue weighted by Crippen LogP contribution is 2.24. The van der Waals surface area contributed by atoms with Gasteiger partial charge in [-0.2, -0.15) is 0 Å². The molecule has 1 atom stereocenters. The topological polar surface area (TPSA) is 72.5 Å². The van der Waals surface area contributed by atoms with E-state index in [2.05, 4.69) is 5.32 Å². The van der Waals surface area contributed by atoms with Gasteiger partial charge in [0.2, 0.25) is 5.78 Å². The molecule has 1 unspecified atom stereocenters. The van der Waals surface area contributed by atoms with Crippen molar-refractivity contribution >= 4 is 29.3 Å². The number of Topliss-reactive ketones (excluding diaryl/α,β-unsaturated/α-hetero) is 1. The van der Waals surface area contributed by atoms with Crippen LogP contribution in [-0.4, -0.2) is 24.2 Å². The Labute approximate surface area is 179 Å². The molecular formula is C24H20ClNO4. The predicted octanol–water partition coefficient (Wildman–Crippen LogP) is 4.55. The molecule has 0 saturated carbocycles. The highest BCUT2D eigenvalue weighted by molar-refractivity contribution is 6.30. The van der Waals surface area contributed by atoms with Crippen molar-refractivity contribution in [2.45, 2.75) is 13.0 Å². The molecule has 1 amide bonds. The number of amides is 1. The van der Waals surface area contributed by atoms with Crippen molar-refractivity contribution in [3.63, 3.8) is 0 Å². The lowest BCUT2D eigenvalue weighted by Crippen LogP contribution is -2.32. The maximum atomic E-state index is 13.0. The zero-order chi connectivity index (χ0) is 21.5. The van der Waals surface area contributed by atoms with E-state index in [0.717, 1.165) is 5.56 Å². The van der Waals surface area contributed by atoms with Crippen molar-refractivity contribution in [3.8, 4) is 0 Å². The van der Waals surface area contributed by atoms with Gasteiger partial charge in [-0.3, -0.25) is 14.4 Å². The van der Waals surface area contributed by atoms with E-state index < -0.39 is 18.0 Å². The number of hydrogen-bond acceptors (Lipinski definition) is 4. The molecule has 3 aromatic rings. The predicted molar refractivity (Wildman–Crippen MR) is 115 cm³/mol. The minimum absolute atomic E-state index is 0.362. The van der Waals surface area contributed by atoms with E-state index in [9.17, 15) is 14.4 Å². The zero-order valence-corrected chi connectivity index (χ0v) is 17.1. The van der Waals surface area contributed by atoms with Crippen LogP contribution in [0.15, 0.2) is 78.9 Å². The van der Waals surface area contributed by atoms with Crippen molar-refractivity contribution in [2.75, 3.05) is 6.54 Å². The molecule has 0 aliphatic heterocycles. The van der Waals surface area contributed by atoms with Gasteiger partial charge in [-0.25, -0.2) is 0 Å². The Kier molecular flexibility index (Phi) is 6.99. The number of ketones is 1. The number of rotatable bonds is 7. The summed E-state index contributed by atoms with van der Waals surface area (Å²) >= 11 is 5.93. The van der Waals surface area contributed by atoms with E-state index in [1.54, 1.807) is 66.7 Å². The summed E-state index contributed by atoms with van der Waals surface area (Å²) in [6, 6.07) is 22.0. The average molecular weight is 422 g/mol. The first kappa shape index (κ1) is 21.3. The number of ether oxygens (including phenoxy) is 1. The van der Waals surface area contributed by atoms with Gasteiger partial charge in [0.15, 0.2) is 6.10 Å². The molecule has 0 bridgehead atoms. The molecule has 30 heavy (non-hydrogen) atoms. The number of hydrogen-bond donors (Lipinski definition) is 1. The minimum atomic E-state index is -1.14. The summed E-state index contributed by atoms with van der Waals surface area (Å²) in [4.78, 5) is 37.6. The fourth-order valence-electron chi connectivity index (χ4n) is 2.80. The lowest BCUT2D eigenvalue weighted by molar-refractivity contribution is -0.146. The van der Waals surface area contributed by atoms with Gasteiger partial charge < -0.3 is 10.1 Å². The number of esters is 1. The first-order valence-electron chi connectivity index (χ1n) is 9.33. The number of carbonyl (C=O) groups excluding carboxylic acids is 3. The first-order valence-corrected chi connectivity index (χ1v) is 9.71. The summed E-state index contributed by atoms with van der Waals surface area (Å²) in [5.74, 6) is -1.49. The molecule has 1 N–H and O–H groups in total. The van der Waals surface area contributed by atoms with Crippen LogP contribution in [0.5, 0.6) is 0 Å². The van der Waals surface area contributed by atoms with Crippen LogP contribution in [0.1, 0.15) is 37.9 Å². The first-order chi connectivity index (χ1) is 14.4. The summed E-state index contributed by atoms with van der Waals surface area (Å²) in [6.45, 7) is 1.55. The van der Waals surface area contributed by atoms with Crippen LogP contribution >= 0.6 is 11.6 Å². The quantitative estimate of drug-likeness (QED) is 0.449. The van der Waals surface area contributed by atoms with Crippen LogP contribution in [0.3, 0.4) is 0 Å². The molecule has 152 valence electrons. The van der Waals surface area contributed by atoms with Gasteiger partial charge in [0.05, 0.1) is 0 Å². The van der Waals surface area contributed by atoms with Gasteiger partial charge in [-0.15, -0.1) is 0 Å². The van der Waals surface area contributed by atoms with Crippen molar-refractivity contribution in [3.05, 3.63) is 106 Å². The summed E-state index contributed by atoms with van der Waals surface area (Å²) in [5, 5.41) is 3.02. The number of carbonyl (C=O) groups is 3. The van der Waals surface area contributed by atoms with E-state index in [4.69, 9.17) is 16.3 Å². The largest absolute Gasteiger partial charge is 0.448 e. The van der Waals surface area contributed by atoms with Crippen LogP contribution in [0.25, 0.3) is 0 Å². The third-order valence-electron chi connectivity index (χ3n) is 4.43. The summed E-state index contributed by atoms with van der Waals surface area (Å²) in [5.41, 5.74) is 2.36.